The Labute approximate surface area is 217 Å². The quantitative estimate of drug-likeness (QED) is 0.142. The number of nitrogens with one attached hydrogen (secondary N) is 1. The van der Waals surface area contributed by atoms with Gasteiger partial charge in [0, 0.05) is 19.6 Å². The Morgan fingerprint density at radius 2 is 1.14 bits per heavy atom. The van der Waals surface area contributed by atoms with Crippen LogP contribution in [0.1, 0.15) is 53.9 Å². The molecule has 0 fully saturated rings. The minimum absolute atomic E-state index is 0.141. The van der Waals surface area contributed by atoms with Gasteiger partial charge in [0.15, 0.2) is 0 Å². The number of amides is 1. The van der Waals surface area contributed by atoms with E-state index in [-0.39, 0.29) is 44.5 Å². The van der Waals surface area contributed by atoms with E-state index in [9.17, 15) is 9.59 Å². The van der Waals surface area contributed by atoms with E-state index in [2.05, 4.69) is 5.32 Å². The molecule has 0 aliphatic heterocycles. The zero-order valence-corrected chi connectivity index (χ0v) is 23.1. The molecule has 0 aromatic heterocycles. The van der Waals surface area contributed by atoms with Crippen LogP contribution in [0, 0.1) is 0 Å². The average molecular weight is 523 g/mol. The molecule has 0 radical (unpaired) electrons. The van der Waals surface area contributed by atoms with Crippen LogP contribution in [0.3, 0.4) is 0 Å². The Morgan fingerprint density at radius 1 is 0.667 bits per heavy atom. The third-order valence-electron chi connectivity index (χ3n) is 4.35. The van der Waals surface area contributed by atoms with E-state index in [1.54, 1.807) is 0 Å². The summed E-state index contributed by atoms with van der Waals surface area (Å²) in [4.78, 5) is 24.3. The van der Waals surface area contributed by atoms with Crippen LogP contribution in [0.15, 0.2) is 0 Å². The Kier molecular flexibility index (Phi) is 20.9. The number of rotatable bonds is 24. The van der Waals surface area contributed by atoms with Crippen molar-refractivity contribution < 1.29 is 42.7 Å². The fourth-order valence-electron chi connectivity index (χ4n) is 2.81. The van der Waals surface area contributed by atoms with Crippen molar-refractivity contribution in [3.05, 3.63) is 0 Å². The van der Waals surface area contributed by atoms with Gasteiger partial charge in [-0.1, -0.05) is 6.92 Å². The van der Waals surface area contributed by atoms with Gasteiger partial charge in [-0.2, -0.15) is 0 Å². The topological polar surface area (TPSA) is 137 Å². The van der Waals surface area contributed by atoms with Crippen LogP contribution < -0.4 is 11.1 Å². The zero-order valence-electron chi connectivity index (χ0n) is 23.1. The first-order valence-corrected chi connectivity index (χ1v) is 12.8. The summed E-state index contributed by atoms with van der Waals surface area (Å²) in [6.45, 7) is 14.7. The molecule has 0 aliphatic carbocycles. The van der Waals surface area contributed by atoms with E-state index in [1.165, 1.54) is 0 Å². The minimum Gasteiger partial charge on any atom is -0.460 e. The summed E-state index contributed by atoms with van der Waals surface area (Å²) in [6, 6.07) is 0. The van der Waals surface area contributed by atoms with Crippen molar-refractivity contribution >= 4 is 11.9 Å². The first-order valence-electron chi connectivity index (χ1n) is 12.8. The maximum Gasteiger partial charge on any atom is 0.308 e. The molecule has 0 heterocycles. The van der Waals surface area contributed by atoms with Crippen LogP contribution >= 0.6 is 0 Å². The van der Waals surface area contributed by atoms with Gasteiger partial charge in [-0.25, -0.2) is 0 Å². The molecule has 1 amide bonds. The molecule has 3 N–H and O–H groups in total. The minimum atomic E-state index is -0.724. The molecule has 0 spiro atoms. The van der Waals surface area contributed by atoms with Gasteiger partial charge < -0.3 is 44.2 Å². The maximum absolute atomic E-state index is 12.4. The van der Waals surface area contributed by atoms with Gasteiger partial charge in [0.2, 0.25) is 5.91 Å². The largest absolute Gasteiger partial charge is 0.460 e. The van der Waals surface area contributed by atoms with Crippen molar-refractivity contribution in [2.24, 2.45) is 5.73 Å². The van der Waals surface area contributed by atoms with Gasteiger partial charge >= 0.3 is 5.97 Å². The van der Waals surface area contributed by atoms with Crippen molar-refractivity contribution in [1.82, 2.24) is 5.32 Å². The number of esters is 1. The number of ether oxygens (including phenoxy) is 7. The maximum atomic E-state index is 12.4. The van der Waals surface area contributed by atoms with E-state index < -0.39 is 11.1 Å². The van der Waals surface area contributed by atoms with E-state index in [4.69, 9.17) is 38.9 Å². The van der Waals surface area contributed by atoms with Gasteiger partial charge in [0.05, 0.1) is 84.6 Å². The third-order valence-corrected chi connectivity index (χ3v) is 4.35. The molecule has 0 aliphatic rings. The van der Waals surface area contributed by atoms with Crippen LogP contribution in [0.2, 0.25) is 0 Å². The first kappa shape index (κ1) is 34.7. The van der Waals surface area contributed by atoms with Gasteiger partial charge in [0.25, 0.3) is 0 Å². The Balaban J connectivity index is 4.05. The fraction of sp³-hybridized carbons (Fsp3) is 0.920. The van der Waals surface area contributed by atoms with Crippen LogP contribution in [0.5, 0.6) is 0 Å². The summed E-state index contributed by atoms with van der Waals surface area (Å²) in [5, 5.41) is 2.97. The van der Waals surface area contributed by atoms with E-state index in [1.807, 2.05) is 34.6 Å². The highest BCUT2D eigenvalue weighted by Crippen LogP contribution is 2.10. The fourth-order valence-corrected chi connectivity index (χ4v) is 2.81. The molecule has 0 saturated heterocycles. The second-order valence-electron chi connectivity index (χ2n) is 9.54. The van der Waals surface area contributed by atoms with Crippen LogP contribution in [0.25, 0.3) is 0 Å². The lowest BCUT2D eigenvalue weighted by Gasteiger charge is -2.30. The summed E-state index contributed by atoms with van der Waals surface area (Å²) in [7, 11) is 0. The molecule has 0 aromatic carbocycles. The van der Waals surface area contributed by atoms with Crippen molar-refractivity contribution in [3.63, 3.8) is 0 Å². The molecule has 11 nitrogen and oxygen atoms in total. The van der Waals surface area contributed by atoms with Gasteiger partial charge in [-0.3, -0.25) is 9.59 Å². The molecule has 0 bridgehead atoms. The molecule has 0 aromatic rings. The molecule has 36 heavy (non-hydrogen) atoms. The lowest BCUT2D eigenvalue weighted by molar-refractivity contribution is -0.156. The first-order chi connectivity index (χ1) is 17.1. The number of nitrogens with two attached hydrogens (primary N) is 1. The highest BCUT2D eigenvalue weighted by Gasteiger charge is 2.27. The van der Waals surface area contributed by atoms with Crippen molar-refractivity contribution in [2.45, 2.75) is 65.0 Å². The predicted octanol–water partition coefficient (Wildman–Crippen LogP) is 1.45. The molecule has 0 saturated carbocycles. The lowest BCUT2D eigenvalue weighted by atomic mass is 10.0. The lowest BCUT2D eigenvalue weighted by Crippen LogP contribution is -2.53. The summed E-state index contributed by atoms with van der Waals surface area (Å²) in [6.07, 6.45) is 1.21. The van der Waals surface area contributed by atoms with Crippen LogP contribution in [0.4, 0.5) is 0 Å². The summed E-state index contributed by atoms with van der Waals surface area (Å²) < 4.78 is 38.1. The van der Waals surface area contributed by atoms with E-state index in [0.29, 0.717) is 66.0 Å². The normalized spacial score (nSPS) is 13.4. The van der Waals surface area contributed by atoms with Crippen LogP contribution in [-0.2, 0) is 42.7 Å². The standard InChI is InChI=1S/C25H50N2O9/c1-6-10-34-20-25(5,21-35-12-8-23(29)36-24(2,3)4)27-22(28)7-11-30-14-16-32-18-19-33-17-15-31-13-9-26/h6-21,26H2,1-5H3,(H,27,28). The molecule has 1 unspecified atom stereocenters. The van der Waals surface area contributed by atoms with Crippen molar-refractivity contribution in [2.75, 3.05) is 85.8 Å². The summed E-state index contributed by atoms with van der Waals surface area (Å²) in [5.41, 5.74) is 4.07. The second-order valence-corrected chi connectivity index (χ2v) is 9.54. The SMILES string of the molecule is CCCOCC(C)(COCCC(=O)OC(C)(C)C)NC(=O)CCOCCOCCOCCOCCN. The zero-order chi connectivity index (χ0) is 27.1. The molecular weight excluding hydrogens is 472 g/mol. The van der Waals surface area contributed by atoms with E-state index >= 15 is 0 Å². The molecular formula is C25H50N2O9. The average Bonchev–Trinajstić information content (AvgIpc) is 2.79. The number of carbonyl (C=O) groups is 2. The number of carbonyl (C=O) groups excluding carboxylic acids is 2. The number of hydrogen-bond donors (Lipinski definition) is 2. The van der Waals surface area contributed by atoms with Gasteiger partial charge in [-0.05, 0) is 34.1 Å². The smallest absolute Gasteiger partial charge is 0.308 e. The second kappa shape index (κ2) is 21.7. The molecule has 214 valence electrons. The van der Waals surface area contributed by atoms with Crippen LogP contribution in [-0.4, -0.2) is 109 Å². The Bertz CT molecular complexity index is 558. The van der Waals surface area contributed by atoms with E-state index in [0.717, 1.165) is 6.42 Å². The Morgan fingerprint density at radius 3 is 1.64 bits per heavy atom. The monoisotopic (exact) mass is 522 g/mol. The van der Waals surface area contributed by atoms with Crippen molar-refractivity contribution in [3.8, 4) is 0 Å². The number of hydrogen-bond acceptors (Lipinski definition) is 10. The highest BCUT2D eigenvalue weighted by molar-refractivity contribution is 5.76. The van der Waals surface area contributed by atoms with Crippen molar-refractivity contribution in [1.29, 1.82) is 0 Å². The summed E-state index contributed by atoms with van der Waals surface area (Å²) in [5.74, 6) is -0.489. The molecule has 11 heteroatoms. The third kappa shape index (κ3) is 23.1. The van der Waals surface area contributed by atoms with Gasteiger partial charge in [0.1, 0.15) is 5.60 Å². The van der Waals surface area contributed by atoms with Gasteiger partial charge in [-0.15, -0.1) is 0 Å². The summed E-state index contributed by atoms with van der Waals surface area (Å²) >= 11 is 0. The highest BCUT2D eigenvalue weighted by atomic mass is 16.6. The molecule has 1 atom stereocenters. The Hall–Kier alpha value is -1.34. The molecule has 0 rings (SSSR count). The predicted molar refractivity (Wildman–Crippen MR) is 136 cm³/mol.